The molecule has 1 aromatic rings. The summed E-state index contributed by atoms with van der Waals surface area (Å²) in [5.74, 6) is -0.113. The fraction of sp³-hybridized carbons (Fsp3) is 0.615. The van der Waals surface area contributed by atoms with Gasteiger partial charge in [-0.15, -0.1) is 0 Å². The molecular formula is C13H21N5O2S. The van der Waals surface area contributed by atoms with E-state index in [0.717, 1.165) is 0 Å². The molecule has 1 atom stereocenters. The molecule has 1 fully saturated rings. The quantitative estimate of drug-likeness (QED) is 0.767. The van der Waals surface area contributed by atoms with Gasteiger partial charge in [0, 0.05) is 19.1 Å². The SMILES string of the molecule is CCC1C(=O)NCCN1C(=O)c1sc(NC(C)C)nc1N. The molecule has 0 aromatic carbocycles. The van der Waals surface area contributed by atoms with Crippen molar-refractivity contribution in [2.45, 2.75) is 39.3 Å². The minimum absolute atomic E-state index is 0.110. The fourth-order valence-corrected chi connectivity index (χ4v) is 3.27. The predicted molar refractivity (Wildman–Crippen MR) is 83.4 cm³/mol. The average Bonchev–Trinajstić information content (AvgIpc) is 2.77. The van der Waals surface area contributed by atoms with Crippen LogP contribution in [0.15, 0.2) is 0 Å². The standard InChI is InChI=1S/C13H21N5O2S/c1-4-8-11(19)15-5-6-18(8)12(20)9-10(14)17-13(21-9)16-7(2)3/h7-8H,4-6,14H2,1-3H3,(H,15,19)(H,16,17). The summed E-state index contributed by atoms with van der Waals surface area (Å²) in [7, 11) is 0. The molecule has 1 saturated heterocycles. The Morgan fingerprint density at radius 3 is 2.95 bits per heavy atom. The van der Waals surface area contributed by atoms with Crippen molar-refractivity contribution in [3.8, 4) is 0 Å². The molecule has 2 rings (SSSR count). The topological polar surface area (TPSA) is 100 Å². The third-order valence-corrected chi connectivity index (χ3v) is 4.23. The lowest BCUT2D eigenvalue weighted by Crippen LogP contribution is -2.56. The minimum Gasteiger partial charge on any atom is -0.382 e. The lowest BCUT2D eigenvalue weighted by molar-refractivity contribution is -0.127. The van der Waals surface area contributed by atoms with Crippen LogP contribution in [0.3, 0.4) is 0 Å². The summed E-state index contributed by atoms with van der Waals surface area (Å²) in [6.45, 7) is 6.82. The molecule has 0 radical (unpaired) electrons. The van der Waals surface area contributed by atoms with Gasteiger partial charge in [-0.05, 0) is 20.3 Å². The molecule has 2 amide bonds. The van der Waals surface area contributed by atoms with E-state index in [1.807, 2.05) is 20.8 Å². The van der Waals surface area contributed by atoms with E-state index in [1.54, 1.807) is 4.90 Å². The number of aromatic nitrogens is 1. The zero-order valence-electron chi connectivity index (χ0n) is 12.5. The lowest BCUT2D eigenvalue weighted by atomic mass is 10.1. The van der Waals surface area contributed by atoms with Crippen molar-refractivity contribution < 1.29 is 9.59 Å². The fourth-order valence-electron chi connectivity index (χ4n) is 2.29. The Morgan fingerprint density at radius 2 is 2.33 bits per heavy atom. The van der Waals surface area contributed by atoms with Gasteiger partial charge in [-0.25, -0.2) is 4.98 Å². The summed E-state index contributed by atoms with van der Waals surface area (Å²) in [6.07, 6.45) is 0.577. The van der Waals surface area contributed by atoms with Crippen LogP contribution >= 0.6 is 11.3 Å². The second-order valence-corrected chi connectivity index (χ2v) is 6.25. The highest BCUT2D eigenvalue weighted by atomic mass is 32.1. The summed E-state index contributed by atoms with van der Waals surface area (Å²) in [6, 6.07) is -0.225. The molecule has 1 aliphatic rings. The lowest BCUT2D eigenvalue weighted by Gasteiger charge is -2.34. The zero-order valence-corrected chi connectivity index (χ0v) is 13.3. The van der Waals surface area contributed by atoms with Gasteiger partial charge in [-0.3, -0.25) is 9.59 Å². The van der Waals surface area contributed by atoms with Crippen molar-refractivity contribution in [1.82, 2.24) is 15.2 Å². The van der Waals surface area contributed by atoms with Crippen LogP contribution in [0.4, 0.5) is 10.9 Å². The molecule has 1 unspecified atom stereocenters. The third-order valence-electron chi connectivity index (χ3n) is 3.24. The Labute approximate surface area is 127 Å². The van der Waals surface area contributed by atoms with Crippen LogP contribution in [0, 0.1) is 0 Å². The number of piperazine rings is 1. The first-order valence-corrected chi connectivity index (χ1v) is 7.87. The summed E-state index contributed by atoms with van der Waals surface area (Å²) in [5, 5.41) is 6.54. The van der Waals surface area contributed by atoms with Gasteiger partial charge in [0.25, 0.3) is 5.91 Å². The molecular weight excluding hydrogens is 290 g/mol. The largest absolute Gasteiger partial charge is 0.382 e. The Hall–Kier alpha value is -1.83. The Kier molecular flexibility index (Phi) is 4.66. The van der Waals surface area contributed by atoms with Gasteiger partial charge < -0.3 is 21.3 Å². The summed E-state index contributed by atoms with van der Waals surface area (Å²) in [4.78, 5) is 30.6. The maximum atomic E-state index is 12.6. The van der Waals surface area contributed by atoms with Crippen molar-refractivity contribution in [3.63, 3.8) is 0 Å². The van der Waals surface area contributed by atoms with E-state index in [2.05, 4.69) is 15.6 Å². The Morgan fingerprint density at radius 1 is 1.62 bits per heavy atom. The van der Waals surface area contributed by atoms with Crippen LogP contribution < -0.4 is 16.4 Å². The van der Waals surface area contributed by atoms with Crippen molar-refractivity contribution in [2.75, 3.05) is 24.1 Å². The van der Waals surface area contributed by atoms with Gasteiger partial charge in [-0.1, -0.05) is 18.3 Å². The highest BCUT2D eigenvalue weighted by Gasteiger charge is 2.34. The molecule has 1 aliphatic heterocycles. The predicted octanol–water partition coefficient (Wildman–Crippen LogP) is 0.896. The molecule has 116 valence electrons. The number of carbonyl (C=O) groups excluding carboxylic acids is 2. The average molecular weight is 311 g/mol. The van der Waals surface area contributed by atoms with E-state index in [4.69, 9.17) is 5.73 Å². The molecule has 0 aliphatic carbocycles. The number of nitrogen functional groups attached to an aromatic ring is 1. The molecule has 0 saturated carbocycles. The van der Waals surface area contributed by atoms with Crippen molar-refractivity contribution in [1.29, 1.82) is 0 Å². The highest BCUT2D eigenvalue weighted by molar-refractivity contribution is 7.18. The molecule has 21 heavy (non-hydrogen) atoms. The van der Waals surface area contributed by atoms with Gasteiger partial charge in [0.1, 0.15) is 16.7 Å². The van der Waals surface area contributed by atoms with E-state index in [-0.39, 0.29) is 23.7 Å². The van der Waals surface area contributed by atoms with E-state index in [0.29, 0.717) is 29.5 Å². The van der Waals surface area contributed by atoms with Crippen LogP contribution in [0.2, 0.25) is 0 Å². The monoisotopic (exact) mass is 311 g/mol. The Bertz CT molecular complexity index is 543. The third kappa shape index (κ3) is 3.26. The molecule has 1 aromatic heterocycles. The number of anilines is 2. The molecule has 0 bridgehead atoms. The summed E-state index contributed by atoms with van der Waals surface area (Å²) in [5.41, 5.74) is 5.86. The van der Waals surface area contributed by atoms with Crippen LogP contribution in [0.1, 0.15) is 36.9 Å². The molecule has 8 heteroatoms. The van der Waals surface area contributed by atoms with Crippen LogP contribution in [-0.4, -0.2) is 46.9 Å². The number of carbonyl (C=O) groups is 2. The van der Waals surface area contributed by atoms with E-state index < -0.39 is 6.04 Å². The van der Waals surface area contributed by atoms with E-state index >= 15 is 0 Å². The number of rotatable bonds is 4. The number of nitrogens with one attached hydrogen (secondary N) is 2. The first-order chi connectivity index (χ1) is 9.93. The molecule has 0 spiro atoms. The number of hydrogen-bond acceptors (Lipinski definition) is 6. The number of nitrogens with zero attached hydrogens (tertiary/aromatic N) is 2. The van der Waals surface area contributed by atoms with Gasteiger partial charge in [0.15, 0.2) is 5.13 Å². The van der Waals surface area contributed by atoms with Crippen LogP contribution in [0.5, 0.6) is 0 Å². The maximum absolute atomic E-state index is 12.6. The van der Waals surface area contributed by atoms with Gasteiger partial charge in [0.05, 0.1) is 0 Å². The van der Waals surface area contributed by atoms with Crippen LogP contribution in [0.25, 0.3) is 0 Å². The van der Waals surface area contributed by atoms with Crippen LogP contribution in [-0.2, 0) is 4.79 Å². The number of amides is 2. The Balaban J connectivity index is 2.22. The van der Waals surface area contributed by atoms with E-state index in [9.17, 15) is 9.59 Å². The summed E-state index contributed by atoms with van der Waals surface area (Å²) >= 11 is 1.23. The maximum Gasteiger partial charge on any atom is 0.268 e. The zero-order chi connectivity index (χ0) is 15.6. The number of hydrogen-bond donors (Lipinski definition) is 3. The van der Waals surface area contributed by atoms with Gasteiger partial charge in [0.2, 0.25) is 5.91 Å². The molecule has 4 N–H and O–H groups in total. The second-order valence-electron chi connectivity index (χ2n) is 5.25. The summed E-state index contributed by atoms with van der Waals surface area (Å²) < 4.78 is 0. The van der Waals surface area contributed by atoms with Crippen molar-refractivity contribution in [3.05, 3.63) is 4.88 Å². The van der Waals surface area contributed by atoms with Gasteiger partial charge >= 0.3 is 0 Å². The first-order valence-electron chi connectivity index (χ1n) is 7.05. The number of nitrogens with two attached hydrogens (primary N) is 1. The smallest absolute Gasteiger partial charge is 0.268 e. The molecule has 7 nitrogen and oxygen atoms in total. The first kappa shape index (κ1) is 15.6. The highest BCUT2D eigenvalue weighted by Crippen LogP contribution is 2.28. The van der Waals surface area contributed by atoms with Crippen molar-refractivity contribution >= 4 is 34.1 Å². The normalized spacial score (nSPS) is 18.8. The molecule has 2 heterocycles. The number of thiazole rings is 1. The second kappa shape index (κ2) is 6.30. The van der Waals surface area contributed by atoms with Gasteiger partial charge in [-0.2, -0.15) is 0 Å². The minimum atomic E-state index is -0.436. The van der Waals surface area contributed by atoms with E-state index in [1.165, 1.54) is 11.3 Å². The van der Waals surface area contributed by atoms with Crippen molar-refractivity contribution in [2.24, 2.45) is 0 Å².